The highest BCUT2D eigenvalue weighted by atomic mass is 14.6. The summed E-state index contributed by atoms with van der Waals surface area (Å²) in [4.78, 5) is 4.50. The Kier molecular flexibility index (Phi) is 3.25. The molecule has 0 saturated heterocycles. The minimum Gasteiger partial charge on any atom is -0.330 e. The van der Waals surface area contributed by atoms with Crippen LogP contribution in [0.25, 0.3) is 22.0 Å². The first kappa shape index (κ1) is 11.9. The molecule has 0 radical (unpaired) electrons. The first-order valence-electron chi connectivity index (χ1n) is 6.51. The number of aromatic nitrogens is 1. The zero-order valence-electron chi connectivity index (χ0n) is 10.7. The van der Waals surface area contributed by atoms with E-state index in [1.165, 1.54) is 16.5 Å². The van der Waals surface area contributed by atoms with Crippen LogP contribution in [0.2, 0.25) is 0 Å². The molecule has 2 N–H and O–H groups in total. The molecule has 3 aromatic rings. The predicted molar refractivity (Wildman–Crippen MR) is 79.9 cm³/mol. The topological polar surface area (TPSA) is 38.9 Å². The van der Waals surface area contributed by atoms with Crippen LogP contribution in [0, 0.1) is 0 Å². The molecule has 2 nitrogen and oxygen atoms in total. The fourth-order valence-electron chi connectivity index (χ4n) is 2.26. The van der Waals surface area contributed by atoms with E-state index in [0.717, 1.165) is 17.5 Å². The van der Waals surface area contributed by atoms with E-state index in [0.29, 0.717) is 6.54 Å². The molecule has 0 fully saturated rings. The SMILES string of the molecule is NCCc1ccc(-c2cnc3ccccc3c2)cc1. The molecule has 0 amide bonds. The van der Waals surface area contributed by atoms with Crippen molar-refractivity contribution in [2.75, 3.05) is 6.54 Å². The normalized spacial score (nSPS) is 10.8. The van der Waals surface area contributed by atoms with Crippen LogP contribution in [0.15, 0.2) is 60.8 Å². The maximum Gasteiger partial charge on any atom is 0.0702 e. The van der Waals surface area contributed by atoms with Crippen molar-refractivity contribution in [2.24, 2.45) is 5.73 Å². The van der Waals surface area contributed by atoms with Crippen LogP contribution >= 0.6 is 0 Å². The zero-order valence-corrected chi connectivity index (χ0v) is 10.7. The lowest BCUT2D eigenvalue weighted by molar-refractivity contribution is 0.969. The van der Waals surface area contributed by atoms with Crippen molar-refractivity contribution in [1.29, 1.82) is 0 Å². The fraction of sp³-hybridized carbons (Fsp3) is 0.118. The summed E-state index contributed by atoms with van der Waals surface area (Å²) < 4.78 is 0. The molecule has 19 heavy (non-hydrogen) atoms. The van der Waals surface area contributed by atoms with Crippen LogP contribution in [-0.4, -0.2) is 11.5 Å². The molecule has 0 atom stereocenters. The first-order valence-corrected chi connectivity index (χ1v) is 6.51. The lowest BCUT2D eigenvalue weighted by atomic mass is 10.0. The van der Waals surface area contributed by atoms with Gasteiger partial charge in [-0.15, -0.1) is 0 Å². The molecule has 2 aromatic carbocycles. The Morgan fingerprint density at radius 3 is 2.47 bits per heavy atom. The first-order chi connectivity index (χ1) is 9.36. The fourth-order valence-corrected chi connectivity index (χ4v) is 2.26. The third-order valence-corrected chi connectivity index (χ3v) is 3.31. The quantitative estimate of drug-likeness (QED) is 0.771. The lowest BCUT2D eigenvalue weighted by Gasteiger charge is -2.05. The van der Waals surface area contributed by atoms with Crippen LogP contribution in [0.3, 0.4) is 0 Å². The summed E-state index contributed by atoms with van der Waals surface area (Å²) >= 11 is 0. The number of hydrogen-bond donors (Lipinski definition) is 1. The van der Waals surface area contributed by atoms with Gasteiger partial charge in [-0.1, -0.05) is 42.5 Å². The van der Waals surface area contributed by atoms with Crippen molar-refractivity contribution in [3.63, 3.8) is 0 Å². The molecular formula is C17H16N2. The van der Waals surface area contributed by atoms with Crippen LogP contribution in [0.5, 0.6) is 0 Å². The molecule has 1 aromatic heterocycles. The second kappa shape index (κ2) is 5.21. The smallest absolute Gasteiger partial charge is 0.0702 e. The number of nitrogens with zero attached hydrogens (tertiary/aromatic N) is 1. The van der Waals surface area contributed by atoms with Gasteiger partial charge in [-0.05, 0) is 36.2 Å². The van der Waals surface area contributed by atoms with E-state index in [9.17, 15) is 0 Å². The monoisotopic (exact) mass is 248 g/mol. The van der Waals surface area contributed by atoms with Gasteiger partial charge in [0.15, 0.2) is 0 Å². The molecule has 0 unspecified atom stereocenters. The molecule has 0 aliphatic heterocycles. The third-order valence-electron chi connectivity index (χ3n) is 3.31. The summed E-state index contributed by atoms with van der Waals surface area (Å²) in [5.74, 6) is 0. The van der Waals surface area contributed by atoms with Gasteiger partial charge in [0.1, 0.15) is 0 Å². The molecule has 0 aliphatic rings. The minimum absolute atomic E-state index is 0.691. The zero-order chi connectivity index (χ0) is 13.1. The average Bonchev–Trinajstić information content (AvgIpc) is 2.48. The van der Waals surface area contributed by atoms with E-state index in [-0.39, 0.29) is 0 Å². The lowest BCUT2D eigenvalue weighted by Crippen LogP contribution is -2.02. The summed E-state index contributed by atoms with van der Waals surface area (Å²) in [5, 5.41) is 1.17. The summed E-state index contributed by atoms with van der Waals surface area (Å²) in [6.07, 6.45) is 2.86. The standard InChI is InChI=1S/C17H16N2/c18-10-9-13-5-7-14(8-6-13)16-11-15-3-1-2-4-17(15)19-12-16/h1-8,11-12H,9-10,18H2. The number of rotatable bonds is 3. The number of hydrogen-bond acceptors (Lipinski definition) is 2. The molecular weight excluding hydrogens is 232 g/mol. The van der Waals surface area contributed by atoms with Crippen molar-refractivity contribution in [2.45, 2.75) is 6.42 Å². The van der Waals surface area contributed by atoms with Gasteiger partial charge in [0.2, 0.25) is 0 Å². The van der Waals surface area contributed by atoms with Gasteiger partial charge >= 0.3 is 0 Å². The van der Waals surface area contributed by atoms with Crippen LogP contribution in [-0.2, 0) is 6.42 Å². The molecule has 2 heteroatoms. The van der Waals surface area contributed by atoms with E-state index in [1.54, 1.807) is 0 Å². The van der Waals surface area contributed by atoms with Gasteiger partial charge < -0.3 is 5.73 Å². The summed E-state index contributed by atoms with van der Waals surface area (Å²) in [7, 11) is 0. The van der Waals surface area contributed by atoms with Gasteiger partial charge in [-0.25, -0.2) is 0 Å². The van der Waals surface area contributed by atoms with Crippen LogP contribution in [0.4, 0.5) is 0 Å². The van der Waals surface area contributed by atoms with Crippen molar-refractivity contribution in [1.82, 2.24) is 4.98 Å². The largest absolute Gasteiger partial charge is 0.330 e. The van der Waals surface area contributed by atoms with Gasteiger partial charge in [-0.3, -0.25) is 4.98 Å². The second-order valence-corrected chi connectivity index (χ2v) is 4.65. The number of nitrogens with two attached hydrogens (primary N) is 1. The van der Waals surface area contributed by atoms with Gasteiger partial charge in [0.05, 0.1) is 5.52 Å². The molecule has 1 heterocycles. The third kappa shape index (κ3) is 2.49. The molecule has 0 bridgehead atoms. The molecule has 3 rings (SSSR count). The Balaban J connectivity index is 1.99. The molecule has 0 spiro atoms. The summed E-state index contributed by atoms with van der Waals surface area (Å²) in [6.45, 7) is 0.691. The van der Waals surface area contributed by atoms with Gasteiger partial charge in [-0.2, -0.15) is 0 Å². The maximum absolute atomic E-state index is 5.56. The highest BCUT2D eigenvalue weighted by Crippen LogP contribution is 2.23. The molecule has 94 valence electrons. The van der Waals surface area contributed by atoms with Gasteiger partial charge in [0.25, 0.3) is 0 Å². The maximum atomic E-state index is 5.56. The minimum atomic E-state index is 0.691. The van der Waals surface area contributed by atoms with E-state index in [1.807, 2.05) is 24.4 Å². The van der Waals surface area contributed by atoms with E-state index < -0.39 is 0 Å². The highest BCUT2D eigenvalue weighted by Gasteiger charge is 2.00. The Labute approximate surface area is 112 Å². The van der Waals surface area contributed by atoms with E-state index in [4.69, 9.17) is 5.73 Å². The number of para-hydroxylation sites is 1. The average molecular weight is 248 g/mol. The Hall–Kier alpha value is -2.19. The second-order valence-electron chi connectivity index (χ2n) is 4.65. The molecule has 0 saturated carbocycles. The Bertz CT molecular complexity index is 687. The Morgan fingerprint density at radius 1 is 0.895 bits per heavy atom. The number of fused-ring (bicyclic) bond motifs is 1. The van der Waals surface area contributed by atoms with Crippen LogP contribution < -0.4 is 5.73 Å². The predicted octanol–water partition coefficient (Wildman–Crippen LogP) is 3.40. The van der Waals surface area contributed by atoms with E-state index in [2.05, 4.69) is 41.4 Å². The number of pyridine rings is 1. The van der Waals surface area contributed by atoms with Crippen molar-refractivity contribution >= 4 is 10.9 Å². The summed E-state index contributed by atoms with van der Waals surface area (Å²) in [6, 6.07) is 18.9. The Morgan fingerprint density at radius 2 is 1.68 bits per heavy atom. The van der Waals surface area contributed by atoms with Crippen molar-refractivity contribution < 1.29 is 0 Å². The van der Waals surface area contributed by atoms with Crippen LogP contribution in [0.1, 0.15) is 5.56 Å². The van der Waals surface area contributed by atoms with Gasteiger partial charge in [0, 0.05) is 17.1 Å². The molecule has 0 aliphatic carbocycles. The number of benzene rings is 2. The van der Waals surface area contributed by atoms with E-state index >= 15 is 0 Å². The highest BCUT2D eigenvalue weighted by molar-refractivity contribution is 5.83. The van der Waals surface area contributed by atoms with Crippen molar-refractivity contribution in [3.05, 3.63) is 66.4 Å². The van der Waals surface area contributed by atoms with Crippen molar-refractivity contribution in [3.8, 4) is 11.1 Å². The summed E-state index contributed by atoms with van der Waals surface area (Å²) in [5.41, 5.74) is 10.2.